The standard InChI is InChI=1S/3C8H13NO4.Fe/c3*1-3-9(5-8(12)13)7(11)4-6(2)10;/h3*3-5H2,1-2H3,(H,12,13);/q;;;+3/p-3. The molecule has 16 heteroatoms. The first-order valence-electron chi connectivity index (χ1n) is 11.8. The van der Waals surface area contributed by atoms with Crippen molar-refractivity contribution >= 4 is 53.0 Å². The first-order chi connectivity index (χ1) is 17.9. The van der Waals surface area contributed by atoms with Gasteiger partial charge in [-0.05, 0) is 41.5 Å². The Balaban J connectivity index is -0.000000240. The summed E-state index contributed by atoms with van der Waals surface area (Å²) in [4.78, 5) is 98.8. The van der Waals surface area contributed by atoms with Crippen LogP contribution in [0.3, 0.4) is 0 Å². The largest absolute Gasteiger partial charge is 3.00 e. The number of carbonyl (C=O) groups is 9. The van der Waals surface area contributed by atoms with Gasteiger partial charge in [0.15, 0.2) is 0 Å². The molecule has 227 valence electrons. The van der Waals surface area contributed by atoms with Crippen LogP contribution in [0.1, 0.15) is 60.8 Å². The molecule has 0 bridgehead atoms. The van der Waals surface area contributed by atoms with E-state index in [2.05, 4.69) is 0 Å². The molecule has 0 aliphatic rings. The number of rotatable bonds is 15. The topological polar surface area (TPSA) is 233 Å². The van der Waals surface area contributed by atoms with Gasteiger partial charge in [-0.3, -0.25) is 28.8 Å². The minimum absolute atomic E-state index is 0. The summed E-state index contributed by atoms with van der Waals surface area (Å²) < 4.78 is 0. The predicted octanol–water partition coefficient (Wildman–Crippen LogP) is -4.31. The van der Waals surface area contributed by atoms with Gasteiger partial charge in [-0.1, -0.05) is 0 Å². The van der Waals surface area contributed by atoms with Gasteiger partial charge in [-0.25, -0.2) is 0 Å². The van der Waals surface area contributed by atoms with E-state index in [-0.39, 0.29) is 73.3 Å². The molecular formula is C24H36FeN3O12. The van der Waals surface area contributed by atoms with E-state index in [1.165, 1.54) is 20.8 Å². The van der Waals surface area contributed by atoms with Gasteiger partial charge in [0.25, 0.3) is 0 Å². The summed E-state index contributed by atoms with van der Waals surface area (Å²) >= 11 is 0. The van der Waals surface area contributed by atoms with E-state index in [1.54, 1.807) is 20.8 Å². The fraction of sp³-hybridized carbons (Fsp3) is 0.625. The molecule has 0 unspecified atom stereocenters. The Hall–Kier alpha value is -3.65. The minimum atomic E-state index is -1.32. The summed E-state index contributed by atoms with van der Waals surface area (Å²) in [6.45, 7) is 8.19. The number of carbonyl (C=O) groups excluding carboxylic acids is 9. The second-order valence-corrected chi connectivity index (χ2v) is 7.98. The number of hydrogen-bond donors (Lipinski definition) is 0. The predicted molar refractivity (Wildman–Crippen MR) is 128 cm³/mol. The fourth-order valence-corrected chi connectivity index (χ4v) is 2.57. The zero-order valence-electron chi connectivity index (χ0n) is 23.5. The monoisotopic (exact) mass is 614 g/mol. The molecule has 0 aliphatic heterocycles. The number of hydrogen-bond acceptors (Lipinski definition) is 12. The summed E-state index contributed by atoms with van der Waals surface area (Å²) in [6.07, 6.45) is -0.747. The number of carboxylic acids is 3. The first kappa shape index (κ1) is 43.4. The number of nitrogens with zero attached hydrogens (tertiary/aromatic N) is 3. The molecule has 0 aliphatic carbocycles. The molecular weight excluding hydrogens is 578 g/mol. The Morgan fingerprint density at radius 3 is 0.725 bits per heavy atom. The van der Waals surface area contributed by atoms with Gasteiger partial charge in [0, 0.05) is 19.6 Å². The van der Waals surface area contributed by atoms with Crippen molar-refractivity contribution in [2.24, 2.45) is 0 Å². The van der Waals surface area contributed by atoms with Crippen LogP contribution in [0.5, 0.6) is 0 Å². The first-order valence-corrected chi connectivity index (χ1v) is 11.8. The fourth-order valence-electron chi connectivity index (χ4n) is 2.57. The van der Waals surface area contributed by atoms with Gasteiger partial charge in [-0.2, -0.15) is 0 Å². The molecule has 15 nitrogen and oxygen atoms in total. The Morgan fingerprint density at radius 1 is 0.450 bits per heavy atom. The van der Waals surface area contributed by atoms with E-state index >= 15 is 0 Å². The normalized spacial score (nSPS) is 9.15. The molecule has 0 atom stereocenters. The van der Waals surface area contributed by atoms with Crippen LogP contribution < -0.4 is 15.3 Å². The van der Waals surface area contributed by atoms with E-state index in [0.717, 1.165) is 14.7 Å². The maximum atomic E-state index is 11.1. The van der Waals surface area contributed by atoms with Gasteiger partial charge < -0.3 is 44.4 Å². The Bertz CT molecular complexity index is 793. The van der Waals surface area contributed by atoms with E-state index in [0.29, 0.717) is 0 Å². The van der Waals surface area contributed by atoms with Crippen LogP contribution in [-0.2, 0) is 60.2 Å². The molecule has 0 aromatic heterocycles. The number of carboxylic acid groups (broad SMARTS) is 3. The molecule has 0 N–H and O–H groups in total. The number of amides is 3. The van der Waals surface area contributed by atoms with Crippen molar-refractivity contribution in [3.8, 4) is 0 Å². The smallest absolute Gasteiger partial charge is 0.548 e. The Labute approximate surface area is 243 Å². The zero-order chi connectivity index (χ0) is 31.3. The van der Waals surface area contributed by atoms with Crippen LogP contribution in [0, 0.1) is 0 Å². The SMILES string of the molecule is CCN(CC(=O)[O-])C(=O)CC(C)=O.CCN(CC(=O)[O-])C(=O)CC(C)=O.CCN(CC(=O)[O-])C(=O)CC(C)=O.[Fe+3]. The Kier molecular flexibility index (Phi) is 26.5. The molecule has 1 radical (unpaired) electrons. The van der Waals surface area contributed by atoms with Gasteiger partial charge in [0.2, 0.25) is 17.7 Å². The van der Waals surface area contributed by atoms with E-state index in [4.69, 9.17) is 0 Å². The Morgan fingerprint density at radius 2 is 0.625 bits per heavy atom. The molecule has 0 saturated carbocycles. The third kappa shape index (κ3) is 26.0. The van der Waals surface area contributed by atoms with E-state index in [9.17, 15) is 58.5 Å². The van der Waals surface area contributed by atoms with E-state index in [1.807, 2.05) is 0 Å². The quantitative estimate of drug-likeness (QED) is 0.126. The number of ketones is 3. The summed E-state index contributed by atoms with van der Waals surface area (Å²) in [5, 5.41) is 30.5. The van der Waals surface area contributed by atoms with Crippen LogP contribution in [0.15, 0.2) is 0 Å². The van der Waals surface area contributed by atoms with Gasteiger partial charge >= 0.3 is 17.1 Å². The van der Waals surface area contributed by atoms with Crippen molar-refractivity contribution in [1.82, 2.24) is 14.7 Å². The van der Waals surface area contributed by atoms with Crippen molar-refractivity contribution in [3.05, 3.63) is 0 Å². The molecule has 0 fully saturated rings. The van der Waals surface area contributed by atoms with Crippen molar-refractivity contribution in [2.75, 3.05) is 39.3 Å². The van der Waals surface area contributed by atoms with Crippen LogP contribution >= 0.6 is 0 Å². The van der Waals surface area contributed by atoms with Crippen LogP contribution in [0.25, 0.3) is 0 Å². The second kappa shape index (κ2) is 24.4. The van der Waals surface area contributed by atoms with Gasteiger partial charge in [0.05, 0.1) is 56.8 Å². The molecule has 0 heterocycles. The maximum absolute atomic E-state index is 11.1. The number of Topliss-reactive ketones (excluding diaryl/α,β-unsaturated/α-hetero) is 3. The average Bonchev–Trinajstić information content (AvgIpc) is 2.78. The number of likely N-dealkylation sites (N-methyl/N-ethyl adjacent to an activating group) is 3. The zero-order valence-corrected chi connectivity index (χ0v) is 24.6. The molecule has 0 aromatic rings. The van der Waals surface area contributed by atoms with Crippen LogP contribution in [0.2, 0.25) is 0 Å². The number of aliphatic carboxylic acids is 3. The molecule has 3 amide bonds. The van der Waals surface area contributed by atoms with Gasteiger partial charge in [-0.15, -0.1) is 0 Å². The molecule has 0 saturated heterocycles. The molecule has 0 aromatic carbocycles. The van der Waals surface area contributed by atoms with Crippen molar-refractivity contribution in [1.29, 1.82) is 0 Å². The van der Waals surface area contributed by atoms with Crippen molar-refractivity contribution in [3.63, 3.8) is 0 Å². The molecule has 0 spiro atoms. The van der Waals surface area contributed by atoms with Crippen molar-refractivity contribution in [2.45, 2.75) is 60.8 Å². The summed E-state index contributed by atoms with van der Waals surface area (Å²) in [7, 11) is 0. The molecule has 0 rings (SSSR count). The third-order valence-corrected chi connectivity index (χ3v) is 4.36. The average molecular weight is 614 g/mol. The molecule has 40 heavy (non-hydrogen) atoms. The van der Waals surface area contributed by atoms with E-state index < -0.39 is 55.3 Å². The summed E-state index contributed by atoms with van der Waals surface area (Å²) in [6, 6.07) is 0. The second-order valence-electron chi connectivity index (χ2n) is 7.98. The van der Waals surface area contributed by atoms with Crippen LogP contribution in [0.4, 0.5) is 0 Å². The van der Waals surface area contributed by atoms with Gasteiger partial charge in [0.1, 0.15) is 17.3 Å². The van der Waals surface area contributed by atoms with Crippen molar-refractivity contribution < 1.29 is 75.5 Å². The maximum Gasteiger partial charge on any atom is 3.00 e. The minimum Gasteiger partial charge on any atom is -0.548 e. The summed E-state index contributed by atoms with van der Waals surface area (Å²) in [5.41, 5.74) is 0. The summed E-state index contributed by atoms with van der Waals surface area (Å²) in [5.74, 6) is -6.21. The third-order valence-electron chi connectivity index (χ3n) is 4.36. The van der Waals surface area contributed by atoms with Crippen LogP contribution in [-0.4, -0.2) is 107 Å².